The summed E-state index contributed by atoms with van der Waals surface area (Å²) < 4.78 is 50.9. The van der Waals surface area contributed by atoms with Crippen molar-refractivity contribution in [2.45, 2.75) is 108 Å². The van der Waals surface area contributed by atoms with Gasteiger partial charge >= 0.3 is 6.03 Å². The van der Waals surface area contributed by atoms with Crippen LogP contribution < -0.4 is 11.1 Å². The molecular weight excluding hydrogens is 535 g/mol. The molecule has 14 heteroatoms. The van der Waals surface area contributed by atoms with Gasteiger partial charge in [-0.1, -0.05) is 41.5 Å². The summed E-state index contributed by atoms with van der Waals surface area (Å²) in [4.78, 5) is 26.1. The number of hydrogen-bond acceptors (Lipinski definition) is 9. The van der Waals surface area contributed by atoms with Crippen molar-refractivity contribution in [2.75, 3.05) is 13.2 Å². The van der Waals surface area contributed by atoms with Crippen molar-refractivity contribution < 1.29 is 35.8 Å². The molecule has 212 valence electrons. The molecule has 0 radical (unpaired) electrons. The zero-order valence-electron chi connectivity index (χ0n) is 23.6. The van der Waals surface area contributed by atoms with E-state index in [-0.39, 0.29) is 35.3 Å². The van der Waals surface area contributed by atoms with Gasteiger partial charge in [-0.2, -0.15) is 8.42 Å². The Kier molecular flexibility index (Phi) is 7.70. The molecule has 3 heterocycles. The maximum absolute atomic E-state index is 12.9. The molecule has 2 saturated heterocycles. The first kappa shape index (κ1) is 30.2. The van der Waals surface area contributed by atoms with Crippen LogP contribution in [-0.4, -0.2) is 79.1 Å². The molecule has 11 nitrogen and oxygen atoms in total. The van der Waals surface area contributed by atoms with Gasteiger partial charge in [0.15, 0.2) is 28.5 Å². The number of ether oxygens (including phenoxy) is 1. The Balaban J connectivity index is 2.12. The molecule has 1 spiro atoms. The highest BCUT2D eigenvalue weighted by Gasteiger charge is 2.68. The minimum atomic E-state index is -4.15. The SMILES string of the molecule is CC(C)(C)[Si](C)(C)OC[C@H]1O[C@@H](N2CCC(=O)NC2=O)[C@H](O[Si](C)(C)C(C)(C)C)C12OS(=O)(=O)C=C2N. The number of hydrogen-bond donors (Lipinski definition) is 2. The molecule has 2 fully saturated rings. The Bertz CT molecular complexity index is 1080. The lowest BCUT2D eigenvalue weighted by atomic mass is 9.89. The molecule has 3 aliphatic rings. The van der Waals surface area contributed by atoms with Gasteiger partial charge in [0.25, 0.3) is 10.1 Å². The van der Waals surface area contributed by atoms with Gasteiger partial charge in [0.05, 0.1) is 17.7 Å². The van der Waals surface area contributed by atoms with Crippen molar-refractivity contribution in [1.82, 2.24) is 10.2 Å². The van der Waals surface area contributed by atoms with Gasteiger partial charge in [-0.3, -0.25) is 15.0 Å². The predicted molar refractivity (Wildman–Crippen MR) is 144 cm³/mol. The van der Waals surface area contributed by atoms with Gasteiger partial charge in [0.1, 0.15) is 12.2 Å². The standard InChI is InChI=1S/C23H43N3O8SSi2/c1-21(2,3)36(7,8)31-13-16-23(15(24)14-35(29,30)34-23)18(33-37(9,10)22(4,5)6)19(32-16)26-12-11-17(27)25-20(26)28/h14,16,18-19H,11-13,24H2,1-10H3,(H,25,27,28)/t16-,18+,19-,23?/m1/s1. The number of imide groups is 1. The number of nitrogens with one attached hydrogen (secondary N) is 1. The average Bonchev–Trinajstić information content (AvgIpc) is 3.11. The van der Waals surface area contributed by atoms with Gasteiger partial charge in [-0.25, -0.2) is 8.98 Å². The van der Waals surface area contributed by atoms with Gasteiger partial charge in [0.2, 0.25) is 5.91 Å². The quantitative estimate of drug-likeness (QED) is 0.359. The minimum absolute atomic E-state index is 0.0111. The van der Waals surface area contributed by atoms with E-state index in [1.165, 1.54) is 4.90 Å². The molecular formula is C23H43N3O8SSi2. The third-order valence-electron chi connectivity index (χ3n) is 8.46. The Hall–Kier alpha value is -1.30. The van der Waals surface area contributed by atoms with Crippen LogP contribution in [0.5, 0.6) is 0 Å². The Morgan fingerprint density at radius 1 is 1.11 bits per heavy atom. The molecule has 0 bridgehead atoms. The average molecular weight is 578 g/mol. The fraction of sp³-hybridized carbons (Fsp3) is 0.826. The van der Waals surface area contributed by atoms with Crippen LogP contribution >= 0.6 is 0 Å². The van der Waals surface area contributed by atoms with Crippen LogP contribution in [0.1, 0.15) is 48.0 Å². The summed E-state index contributed by atoms with van der Waals surface area (Å²) in [5, 5.41) is 2.82. The van der Waals surface area contributed by atoms with Crippen molar-refractivity contribution in [3.8, 4) is 0 Å². The van der Waals surface area contributed by atoms with Gasteiger partial charge in [-0.15, -0.1) is 0 Å². The molecule has 0 aromatic rings. The first-order chi connectivity index (χ1) is 16.5. The predicted octanol–water partition coefficient (Wildman–Crippen LogP) is 2.96. The van der Waals surface area contributed by atoms with Crippen LogP contribution in [0.3, 0.4) is 0 Å². The van der Waals surface area contributed by atoms with E-state index in [9.17, 15) is 18.0 Å². The van der Waals surface area contributed by atoms with Crippen LogP contribution in [0.25, 0.3) is 0 Å². The van der Waals surface area contributed by atoms with E-state index in [4.69, 9.17) is 23.5 Å². The lowest BCUT2D eigenvalue weighted by Gasteiger charge is -2.45. The second-order valence-electron chi connectivity index (χ2n) is 13.1. The number of nitrogens with zero attached hydrogens (tertiary/aromatic N) is 1. The molecule has 1 unspecified atom stereocenters. The van der Waals surface area contributed by atoms with E-state index in [2.05, 4.69) is 39.2 Å². The molecule has 3 aliphatic heterocycles. The topological polar surface area (TPSA) is 146 Å². The molecule has 37 heavy (non-hydrogen) atoms. The Labute approximate surface area is 222 Å². The van der Waals surface area contributed by atoms with E-state index in [0.29, 0.717) is 0 Å². The Morgan fingerprint density at radius 3 is 2.14 bits per heavy atom. The fourth-order valence-electron chi connectivity index (χ4n) is 4.06. The normalized spacial score (nSPS) is 31.1. The third kappa shape index (κ3) is 5.56. The first-order valence-corrected chi connectivity index (χ1v) is 19.8. The van der Waals surface area contributed by atoms with Crippen LogP contribution in [0.2, 0.25) is 36.3 Å². The smallest absolute Gasteiger partial charge is 0.326 e. The van der Waals surface area contributed by atoms with Crippen molar-refractivity contribution in [2.24, 2.45) is 5.73 Å². The highest BCUT2D eigenvalue weighted by Crippen LogP contribution is 2.50. The van der Waals surface area contributed by atoms with Crippen molar-refractivity contribution in [1.29, 1.82) is 0 Å². The van der Waals surface area contributed by atoms with E-state index < -0.39 is 62.7 Å². The summed E-state index contributed by atoms with van der Waals surface area (Å²) in [5.74, 6) is -0.396. The first-order valence-electron chi connectivity index (χ1n) is 12.5. The second-order valence-corrected chi connectivity index (χ2v) is 24.1. The van der Waals surface area contributed by atoms with Crippen molar-refractivity contribution in [3.05, 3.63) is 11.1 Å². The number of urea groups is 1. The summed E-state index contributed by atoms with van der Waals surface area (Å²) >= 11 is 0. The van der Waals surface area contributed by atoms with Crippen LogP contribution in [0, 0.1) is 0 Å². The molecule has 3 rings (SSSR count). The number of carbonyl (C=O) groups excluding carboxylic acids is 2. The number of rotatable bonds is 6. The molecule has 3 N–H and O–H groups in total. The number of nitrogens with two attached hydrogens (primary N) is 1. The monoisotopic (exact) mass is 577 g/mol. The van der Waals surface area contributed by atoms with Gasteiger partial charge < -0.3 is 19.3 Å². The maximum Gasteiger partial charge on any atom is 0.326 e. The largest absolute Gasteiger partial charge is 0.414 e. The summed E-state index contributed by atoms with van der Waals surface area (Å²) in [5.41, 5.74) is 4.64. The molecule has 0 saturated carbocycles. The van der Waals surface area contributed by atoms with E-state index in [1.807, 2.05) is 33.9 Å². The zero-order valence-corrected chi connectivity index (χ0v) is 26.4. The fourth-order valence-corrected chi connectivity index (χ4v) is 7.57. The summed E-state index contributed by atoms with van der Waals surface area (Å²) in [6.07, 6.45) is -3.05. The molecule has 0 aliphatic carbocycles. The summed E-state index contributed by atoms with van der Waals surface area (Å²) in [6, 6.07) is -0.644. The maximum atomic E-state index is 12.9. The molecule has 3 amide bonds. The number of carbonyl (C=O) groups is 2. The second kappa shape index (κ2) is 9.42. The third-order valence-corrected chi connectivity index (χ3v) is 18.5. The number of amides is 3. The van der Waals surface area contributed by atoms with Gasteiger partial charge in [0, 0.05) is 13.0 Å². The van der Waals surface area contributed by atoms with Crippen molar-refractivity contribution in [3.63, 3.8) is 0 Å². The van der Waals surface area contributed by atoms with Crippen molar-refractivity contribution >= 4 is 38.7 Å². The summed E-state index contributed by atoms with van der Waals surface area (Å²) in [6.45, 7) is 20.7. The minimum Gasteiger partial charge on any atom is -0.414 e. The lowest BCUT2D eigenvalue weighted by molar-refractivity contribution is -0.125. The van der Waals surface area contributed by atoms with Gasteiger partial charge in [-0.05, 0) is 36.3 Å². The van der Waals surface area contributed by atoms with Crippen LogP contribution in [0.15, 0.2) is 11.1 Å². The molecule has 0 aromatic carbocycles. The highest BCUT2D eigenvalue weighted by molar-refractivity contribution is 7.90. The zero-order chi connectivity index (χ0) is 28.4. The van der Waals surface area contributed by atoms with E-state index >= 15 is 0 Å². The molecule has 4 atom stereocenters. The molecule has 0 aromatic heterocycles. The van der Waals surface area contributed by atoms with Crippen LogP contribution in [-0.2, 0) is 32.7 Å². The summed E-state index contributed by atoms with van der Waals surface area (Å²) in [7, 11) is -9.04. The van der Waals surface area contributed by atoms with E-state index in [1.54, 1.807) is 0 Å². The van der Waals surface area contributed by atoms with E-state index in [0.717, 1.165) is 5.41 Å². The van der Waals surface area contributed by atoms with Crippen LogP contribution in [0.4, 0.5) is 4.79 Å². The lowest BCUT2D eigenvalue weighted by Crippen LogP contribution is -2.63. The highest BCUT2D eigenvalue weighted by atomic mass is 32.2. The Morgan fingerprint density at radius 2 is 1.68 bits per heavy atom.